The van der Waals surface area contributed by atoms with Crippen molar-refractivity contribution in [3.8, 4) is 11.5 Å². The number of rotatable bonds is 7. The zero-order valence-electron chi connectivity index (χ0n) is 15.3. The molecule has 0 saturated heterocycles. The lowest BCUT2D eigenvalue weighted by molar-refractivity contribution is 0.0950. The Balaban J connectivity index is 1.72. The van der Waals surface area contributed by atoms with Gasteiger partial charge in [-0.3, -0.25) is 9.59 Å². The van der Waals surface area contributed by atoms with Crippen LogP contribution in [0.25, 0.3) is 0 Å². The molecule has 1 N–H and O–H groups in total. The molecular formula is C20H21N3O4. The number of benzene rings is 2. The maximum absolute atomic E-state index is 12.5. The summed E-state index contributed by atoms with van der Waals surface area (Å²) >= 11 is 0. The number of hydrogen-bond acceptors (Lipinski definition) is 5. The van der Waals surface area contributed by atoms with Gasteiger partial charge in [0.15, 0.2) is 11.5 Å². The van der Waals surface area contributed by atoms with Gasteiger partial charge in [0.1, 0.15) is 6.04 Å². The summed E-state index contributed by atoms with van der Waals surface area (Å²) < 4.78 is 11.1. The summed E-state index contributed by atoms with van der Waals surface area (Å²) in [5, 5.41) is 10.5. The third kappa shape index (κ3) is 4.13. The van der Waals surface area contributed by atoms with Crippen molar-refractivity contribution in [2.75, 3.05) is 19.8 Å². The Morgan fingerprint density at radius 2 is 1.81 bits per heavy atom. The molecule has 2 amide bonds. The fourth-order valence-electron chi connectivity index (χ4n) is 2.86. The van der Waals surface area contributed by atoms with E-state index in [9.17, 15) is 9.59 Å². The highest BCUT2D eigenvalue weighted by atomic mass is 16.5. The summed E-state index contributed by atoms with van der Waals surface area (Å²) in [7, 11) is 0. The number of carbonyl (C=O) groups is 2. The van der Waals surface area contributed by atoms with Gasteiger partial charge in [0.25, 0.3) is 11.8 Å². The monoisotopic (exact) mass is 367 g/mol. The molecule has 1 aliphatic heterocycles. The molecule has 0 spiro atoms. The van der Waals surface area contributed by atoms with Crippen LogP contribution in [0.2, 0.25) is 0 Å². The zero-order valence-corrected chi connectivity index (χ0v) is 15.3. The second-order valence-corrected chi connectivity index (χ2v) is 5.86. The molecule has 0 aliphatic carbocycles. The maximum atomic E-state index is 12.5. The molecule has 3 rings (SSSR count). The normalized spacial score (nSPS) is 15.2. The van der Waals surface area contributed by atoms with Crippen molar-refractivity contribution in [2.24, 2.45) is 10.2 Å². The second-order valence-electron chi connectivity index (χ2n) is 5.86. The van der Waals surface area contributed by atoms with E-state index in [4.69, 9.17) is 9.47 Å². The van der Waals surface area contributed by atoms with Crippen molar-refractivity contribution in [2.45, 2.75) is 19.9 Å². The molecule has 0 radical (unpaired) electrons. The number of ether oxygens (including phenoxy) is 2. The fraction of sp³-hybridized carbons (Fsp3) is 0.300. The number of hydrogen-bond donors (Lipinski definition) is 1. The quantitative estimate of drug-likeness (QED) is 0.810. The van der Waals surface area contributed by atoms with Crippen LogP contribution in [0.3, 0.4) is 0 Å². The van der Waals surface area contributed by atoms with Crippen molar-refractivity contribution < 1.29 is 19.1 Å². The summed E-state index contributed by atoms with van der Waals surface area (Å²) in [5.74, 6) is 0.509. The molecular weight excluding hydrogens is 346 g/mol. The molecule has 0 bridgehead atoms. The number of fused-ring (bicyclic) bond motifs is 1. The molecule has 0 aromatic heterocycles. The Morgan fingerprint density at radius 1 is 1.07 bits per heavy atom. The van der Waals surface area contributed by atoms with Crippen LogP contribution in [0, 0.1) is 0 Å². The third-order valence-corrected chi connectivity index (χ3v) is 4.10. The molecule has 1 atom stereocenters. The van der Waals surface area contributed by atoms with E-state index in [2.05, 4.69) is 15.5 Å². The summed E-state index contributed by atoms with van der Waals surface area (Å²) in [6.45, 7) is 4.98. The summed E-state index contributed by atoms with van der Waals surface area (Å²) in [5.41, 5.74) is 1.74. The average molecular weight is 367 g/mol. The van der Waals surface area contributed by atoms with E-state index >= 15 is 0 Å². The van der Waals surface area contributed by atoms with Crippen molar-refractivity contribution in [1.82, 2.24) is 5.32 Å². The van der Waals surface area contributed by atoms with E-state index in [1.165, 1.54) is 0 Å². The van der Waals surface area contributed by atoms with Gasteiger partial charge >= 0.3 is 0 Å². The highest BCUT2D eigenvalue weighted by Gasteiger charge is 2.24. The van der Waals surface area contributed by atoms with Gasteiger partial charge in [-0.15, -0.1) is 5.11 Å². The summed E-state index contributed by atoms with van der Waals surface area (Å²) in [6.07, 6.45) is 0. The van der Waals surface area contributed by atoms with Crippen LogP contribution in [0.5, 0.6) is 11.5 Å². The van der Waals surface area contributed by atoms with Gasteiger partial charge in [-0.05, 0) is 43.7 Å². The number of nitrogens with one attached hydrogen (secondary N) is 1. The SMILES string of the molecule is CCOc1ccc(C(=O)NCC2N=NC(=O)c3ccccc32)cc1OCC. The van der Waals surface area contributed by atoms with Crippen LogP contribution >= 0.6 is 0 Å². The highest BCUT2D eigenvalue weighted by molar-refractivity contribution is 5.97. The van der Waals surface area contributed by atoms with E-state index in [1.807, 2.05) is 26.0 Å². The first kappa shape index (κ1) is 18.6. The largest absolute Gasteiger partial charge is 0.490 e. The maximum Gasteiger partial charge on any atom is 0.295 e. The third-order valence-electron chi connectivity index (χ3n) is 4.10. The Labute approximate surface area is 157 Å². The Morgan fingerprint density at radius 3 is 2.59 bits per heavy atom. The van der Waals surface area contributed by atoms with Crippen LogP contribution in [0.4, 0.5) is 0 Å². The Bertz CT molecular complexity index is 879. The van der Waals surface area contributed by atoms with Crippen LogP contribution in [-0.4, -0.2) is 31.6 Å². The molecule has 7 heteroatoms. The molecule has 2 aromatic rings. The standard InChI is InChI=1S/C20H21N3O4/c1-3-26-17-10-9-13(11-18(17)27-4-2)19(24)21-12-16-14-7-5-6-8-15(14)20(25)23-22-16/h5-11,16H,3-4,12H2,1-2H3,(H,21,24). The minimum Gasteiger partial charge on any atom is -0.490 e. The van der Waals surface area contributed by atoms with Gasteiger partial charge in [-0.2, -0.15) is 5.11 Å². The van der Waals surface area contributed by atoms with E-state index in [1.54, 1.807) is 30.3 Å². The molecule has 0 saturated carbocycles. The van der Waals surface area contributed by atoms with Gasteiger partial charge in [0, 0.05) is 17.7 Å². The molecule has 140 valence electrons. The predicted octanol–water partition coefficient (Wildman–Crippen LogP) is 3.56. The summed E-state index contributed by atoms with van der Waals surface area (Å²) in [4.78, 5) is 24.3. The van der Waals surface area contributed by atoms with Gasteiger partial charge in [0.05, 0.1) is 13.2 Å². The van der Waals surface area contributed by atoms with Crippen LogP contribution in [0.1, 0.15) is 46.2 Å². The molecule has 1 aliphatic rings. The van der Waals surface area contributed by atoms with Crippen molar-refractivity contribution in [3.05, 3.63) is 59.2 Å². The number of carbonyl (C=O) groups excluding carboxylic acids is 2. The lowest BCUT2D eigenvalue weighted by Gasteiger charge is -2.18. The first-order valence-electron chi connectivity index (χ1n) is 8.86. The first-order valence-corrected chi connectivity index (χ1v) is 8.86. The first-order chi connectivity index (χ1) is 13.1. The lowest BCUT2D eigenvalue weighted by atomic mass is 9.99. The molecule has 7 nitrogen and oxygen atoms in total. The second kappa shape index (κ2) is 8.44. The van der Waals surface area contributed by atoms with Gasteiger partial charge in [-0.25, -0.2) is 0 Å². The van der Waals surface area contributed by atoms with E-state index in [0.717, 1.165) is 5.56 Å². The van der Waals surface area contributed by atoms with Gasteiger partial charge < -0.3 is 14.8 Å². The minimum absolute atomic E-state index is 0.240. The smallest absolute Gasteiger partial charge is 0.295 e. The number of nitrogens with zero attached hydrogens (tertiary/aromatic N) is 2. The van der Waals surface area contributed by atoms with Gasteiger partial charge in [-0.1, -0.05) is 18.2 Å². The molecule has 0 fully saturated rings. The number of azo groups is 1. The zero-order chi connectivity index (χ0) is 19.2. The van der Waals surface area contributed by atoms with Crippen molar-refractivity contribution in [1.29, 1.82) is 0 Å². The summed E-state index contributed by atoms with van der Waals surface area (Å²) in [6, 6.07) is 11.8. The molecule has 1 heterocycles. The van der Waals surface area contributed by atoms with Crippen LogP contribution in [0.15, 0.2) is 52.7 Å². The average Bonchev–Trinajstić information content (AvgIpc) is 2.69. The lowest BCUT2D eigenvalue weighted by Crippen LogP contribution is -2.29. The topological polar surface area (TPSA) is 89.4 Å². The Hall–Kier alpha value is -3.22. The van der Waals surface area contributed by atoms with E-state index in [-0.39, 0.29) is 18.4 Å². The van der Waals surface area contributed by atoms with Crippen LogP contribution < -0.4 is 14.8 Å². The predicted molar refractivity (Wildman–Crippen MR) is 99.5 cm³/mol. The fourth-order valence-corrected chi connectivity index (χ4v) is 2.86. The highest BCUT2D eigenvalue weighted by Crippen LogP contribution is 2.29. The molecule has 27 heavy (non-hydrogen) atoms. The van der Waals surface area contributed by atoms with Crippen molar-refractivity contribution >= 4 is 11.8 Å². The van der Waals surface area contributed by atoms with Crippen LogP contribution in [-0.2, 0) is 0 Å². The van der Waals surface area contributed by atoms with Crippen molar-refractivity contribution in [3.63, 3.8) is 0 Å². The number of amides is 2. The molecule has 1 unspecified atom stereocenters. The minimum atomic E-state index is -0.392. The Kier molecular flexibility index (Phi) is 5.80. The van der Waals surface area contributed by atoms with Gasteiger partial charge in [0.2, 0.25) is 0 Å². The van der Waals surface area contributed by atoms with E-state index < -0.39 is 6.04 Å². The molecule has 2 aromatic carbocycles. The van der Waals surface area contributed by atoms with E-state index in [0.29, 0.717) is 35.8 Å².